The molecule has 0 saturated heterocycles. The highest BCUT2D eigenvalue weighted by atomic mass is 16.5. The van der Waals surface area contributed by atoms with Crippen LogP contribution in [0.1, 0.15) is 27.3 Å². The maximum Gasteiger partial charge on any atom is 0.338 e. The zero-order chi connectivity index (χ0) is 16.8. The average molecular weight is 319 g/mol. The van der Waals surface area contributed by atoms with Gasteiger partial charge in [0.25, 0.3) is 0 Å². The van der Waals surface area contributed by atoms with E-state index in [1.54, 1.807) is 28.9 Å². The molecule has 0 fully saturated rings. The summed E-state index contributed by atoms with van der Waals surface area (Å²) < 4.78 is 6.82. The van der Waals surface area contributed by atoms with Crippen LogP contribution in [0.3, 0.4) is 0 Å². The molecule has 3 rings (SSSR count). The van der Waals surface area contributed by atoms with Gasteiger partial charge in [-0.05, 0) is 40.3 Å². The highest BCUT2D eigenvalue weighted by Crippen LogP contribution is 2.08. The second kappa shape index (κ2) is 7.15. The van der Waals surface area contributed by atoms with Gasteiger partial charge in [0.15, 0.2) is 12.4 Å². The molecular weight excluding hydrogens is 306 g/mol. The third kappa shape index (κ3) is 3.62. The number of nitrogens with zero attached hydrogens (tertiary/aromatic N) is 5. The Morgan fingerprint density at radius 3 is 2.58 bits per heavy atom. The molecule has 0 aliphatic rings. The molecule has 0 N–H and O–H groups in total. The monoisotopic (exact) mass is 319 g/mol. The lowest BCUT2D eigenvalue weighted by Crippen LogP contribution is -2.11. The Kier molecular flexibility index (Phi) is 4.58. The first kappa shape index (κ1) is 15.4. The van der Waals surface area contributed by atoms with Crippen LogP contribution in [0, 0.1) is 11.3 Å². The van der Waals surface area contributed by atoms with Crippen LogP contribution in [-0.2, 0) is 17.9 Å². The maximum absolute atomic E-state index is 12.0. The molecule has 7 nitrogen and oxygen atoms in total. The molecule has 0 radical (unpaired) electrons. The van der Waals surface area contributed by atoms with E-state index in [2.05, 4.69) is 15.5 Å². The van der Waals surface area contributed by atoms with Gasteiger partial charge in [0.1, 0.15) is 0 Å². The van der Waals surface area contributed by atoms with E-state index in [9.17, 15) is 4.79 Å². The van der Waals surface area contributed by atoms with Gasteiger partial charge < -0.3 is 4.74 Å². The van der Waals surface area contributed by atoms with Crippen molar-refractivity contribution in [1.29, 1.82) is 5.26 Å². The minimum Gasteiger partial charge on any atom is -0.454 e. The second-order valence-corrected chi connectivity index (χ2v) is 5.00. The fourth-order valence-electron chi connectivity index (χ4n) is 2.10. The van der Waals surface area contributed by atoms with Crippen molar-refractivity contribution in [2.24, 2.45) is 0 Å². The van der Waals surface area contributed by atoms with E-state index in [4.69, 9.17) is 10.00 Å². The number of esters is 1. The van der Waals surface area contributed by atoms with E-state index >= 15 is 0 Å². The Balaban J connectivity index is 1.63. The van der Waals surface area contributed by atoms with Crippen molar-refractivity contribution in [3.8, 4) is 6.07 Å². The summed E-state index contributed by atoms with van der Waals surface area (Å²) in [5, 5.41) is 20.2. The van der Waals surface area contributed by atoms with Gasteiger partial charge in [0.05, 0.1) is 23.7 Å². The van der Waals surface area contributed by atoms with Crippen molar-refractivity contribution in [1.82, 2.24) is 20.2 Å². The van der Waals surface area contributed by atoms with Gasteiger partial charge in [-0.3, -0.25) is 0 Å². The summed E-state index contributed by atoms with van der Waals surface area (Å²) in [5.74, 6) is -0.0328. The highest BCUT2D eigenvalue weighted by molar-refractivity contribution is 5.89. The fourth-order valence-corrected chi connectivity index (χ4v) is 2.10. The Bertz CT molecular complexity index is 866. The molecule has 3 aromatic rings. The van der Waals surface area contributed by atoms with Crippen molar-refractivity contribution in [3.63, 3.8) is 0 Å². The molecule has 0 bridgehead atoms. The summed E-state index contributed by atoms with van der Waals surface area (Å²) in [6.07, 6.45) is 0. The fraction of sp³-hybridized carbons (Fsp3) is 0.118. The summed E-state index contributed by atoms with van der Waals surface area (Å²) in [7, 11) is 0. The van der Waals surface area contributed by atoms with E-state index in [1.807, 2.05) is 36.4 Å². The topological polar surface area (TPSA) is 93.7 Å². The predicted molar refractivity (Wildman–Crippen MR) is 83.6 cm³/mol. The zero-order valence-electron chi connectivity index (χ0n) is 12.7. The smallest absolute Gasteiger partial charge is 0.338 e. The highest BCUT2D eigenvalue weighted by Gasteiger charge is 2.12. The quantitative estimate of drug-likeness (QED) is 0.667. The summed E-state index contributed by atoms with van der Waals surface area (Å²) in [4.78, 5) is 12.0. The number of tetrazole rings is 1. The van der Waals surface area contributed by atoms with E-state index in [0.29, 0.717) is 23.5 Å². The van der Waals surface area contributed by atoms with Crippen LogP contribution in [0.15, 0.2) is 54.6 Å². The average Bonchev–Trinajstić information content (AvgIpc) is 3.07. The van der Waals surface area contributed by atoms with Crippen molar-refractivity contribution in [2.75, 3.05) is 0 Å². The van der Waals surface area contributed by atoms with Gasteiger partial charge in [-0.1, -0.05) is 30.3 Å². The molecule has 0 amide bonds. The molecule has 1 heterocycles. The lowest BCUT2D eigenvalue weighted by atomic mass is 10.1. The summed E-state index contributed by atoms with van der Waals surface area (Å²) in [6.45, 7) is 0.469. The summed E-state index contributed by atoms with van der Waals surface area (Å²) in [6, 6.07) is 18.0. The molecule has 2 aromatic carbocycles. The Morgan fingerprint density at radius 1 is 1.12 bits per heavy atom. The number of ether oxygens (including phenoxy) is 1. The molecule has 0 unspecified atom stereocenters. The lowest BCUT2D eigenvalue weighted by molar-refractivity contribution is 0.0457. The summed E-state index contributed by atoms with van der Waals surface area (Å²) >= 11 is 0. The summed E-state index contributed by atoms with van der Waals surface area (Å²) in [5.41, 5.74) is 1.90. The van der Waals surface area contributed by atoms with Crippen LogP contribution in [0.5, 0.6) is 0 Å². The van der Waals surface area contributed by atoms with E-state index < -0.39 is 5.97 Å². The molecule has 0 aliphatic heterocycles. The van der Waals surface area contributed by atoms with Crippen molar-refractivity contribution < 1.29 is 9.53 Å². The minimum atomic E-state index is -0.492. The van der Waals surface area contributed by atoms with Crippen molar-refractivity contribution in [3.05, 3.63) is 77.1 Å². The molecule has 24 heavy (non-hydrogen) atoms. The Hall–Kier alpha value is -3.53. The standard InChI is InChI=1S/C17H13N5O2/c18-10-13-6-8-15(9-7-13)17(23)24-12-16-19-20-21-22(16)11-14-4-2-1-3-5-14/h1-9H,11-12H2. The van der Waals surface area contributed by atoms with E-state index in [0.717, 1.165) is 5.56 Å². The predicted octanol–water partition coefficient (Wildman–Crippen LogP) is 1.95. The molecule has 0 aliphatic carbocycles. The van der Waals surface area contributed by atoms with Crippen LogP contribution < -0.4 is 0 Å². The maximum atomic E-state index is 12.0. The van der Waals surface area contributed by atoms with Crippen LogP contribution in [0.4, 0.5) is 0 Å². The minimum absolute atomic E-state index is 0.0291. The normalized spacial score (nSPS) is 10.1. The number of aromatic nitrogens is 4. The molecule has 7 heteroatoms. The van der Waals surface area contributed by atoms with Crippen molar-refractivity contribution in [2.45, 2.75) is 13.2 Å². The van der Waals surface area contributed by atoms with Gasteiger partial charge in [-0.25, -0.2) is 9.48 Å². The van der Waals surface area contributed by atoms with Gasteiger partial charge in [0, 0.05) is 0 Å². The van der Waals surface area contributed by atoms with Gasteiger partial charge >= 0.3 is 5.97 Å². The van der Waals surface area contributed by atoms with E-state index in [-0.39, 0.29) is 6.61 Å². The first-order valence-corrected chi connectivity index (χ1v) is 7.22. The number of nitriles is 1. The molecule has 0 saturated carbocycles. The lowest BCUT2D eigenvalue weighted by Gasteiger charge is -2.06. The number of hydrogen-bond donors (Lipinski definition) is 0. The van der Waals surface area contributed by atoms with Crippen molar-refractivity contribution >= 4 is 5.97 Å². The van der Waals surface area contributed by atoms with Crippen LogP contribution in [0.25, 0.3) is 0 Å². The first-order chi connectivity index (χ1) is 11.8. The molecular formula is C17H13N5O2. The number of carbonyl (C=O) groups is 1. The van der Waals surface area contributed by atoms with Gasteiger partial charge in [-0.2, -0.15) is 5.26 Å². The SMILES string of the molecule is N#Cc1ccc(C(=O)OCc2nnnn2Cc2ccccc2)cc1. The number of hydrogen-bond acceptors (Lipinski definition) is 6. The van der Waals surface area contributed by atoms with E-state index in [1.165, 1.54) is 0 Å². The first-order valence-electron chi connectivity index (χ1n) is 7.22. The zero-order valence-corrected chi connectivity index (χ0v) is 12.7. The second-order valence-electron chi connectivity index (χ2n) is 5.00. The third-order valence-electron chi connectivity index (χ3n) is 3.36. The molecule has 0 spiro atoms. The van der Waals surface area contributed by atoms with Crippen LogP contribution >= 0.6 is 0 Å². The van der Waals surface area contributed by atoms with Gasteiger partial charge in [0.2, 0.25) is 0 Å². The molecule has 1 aromatic heterocycles. The number of carbonyl (C=O) groups excluding carboxylic acids is 1. The molecule has 0 atom stereocenters. The number of rotatable bonds is 5. The third-order valence-corrected chi connectivity index (χ3v) is 3.36. The Labute approximate surface area is 138 Å². The largest absolute Gasteiger partial charge is 0.454 e. The Morgan fingerprint density at radius 2 is 1.88 bits per heavy atom. The van der Waals surface area contributed by atoms with Gasteiger partial charge in [-0.15, -0.1) is 5.10 Å². The van der Waals surface area contributed by atoms with Crippen LogP contribution in [0.2, 0.25) is 0 Å². The number of benzene rings is 2. The van der Waals surface area contributed by atoms with Crippen LogP contribution in [-0.4, -0.2) is 26.2 Å². The molecule has 118 valence electrons.